The molecule has 2 aromatic rings. The van der Waals surface area contributed by atoms with Gasteiger partial charge in [0, 0.05) is 17.0 Å². The fraction of sp³-hybridized carbons (Fsp3) is 0.143. The van der Waals surface area contributed by atoms with Gasteiger partial charge in [0.05, 0.1) is 12.2 Å². The molecule has 0 unspecified atom stereocenters. The van der Waals surface area contributed by atoms with Crippen molar-refractivity contribution in [3.05, 3.63) is 69.7 Å². The maximum Gasteiger partial charge on any atom is 0.343 e. The standard InChI is InChI=1S/C21H17BrO5/c1-3-25-20-11-14(4-9-18(20)26-13(2)23)10-16-12-19(27-21(16)24)15-5-7-17(22)8-6-15/h4-12H,3H2,1-2H3/b16-10+. The predicted octanol–water partition coefficient (Wildman–Crippen LogP) is 4.75. The Morgan fingerprint density at radius 3 is 2.56 bits per heavy atom. The van der Waals surface area contributed by atoms with Gasteiger partial charge in [-0.1, -0.05) is 34.1 Å². The predicted molar refractivity (Wildman–Crippen MR) is 105 cm³/mol. The highest BCUT2D eigenvalue weighted by atomic mass is 79.9. The van der Waals surface area contributed by atoms with E-state index in [-0.39, 0.29) is 0 Å². The molecule has 5 nitrogen and oxygen atoms in total. The number of benzene rings is 2. The highest BCUT2D eigenvalue weighted by Gasteiger charge is 2.22. The van der Waals surface area contributed by atoms with Gasteiger partial charge in [-0.3, -0.25) is 4.79 Å². The minimum absolute atomic E-state index is 0.339. The molecule has 1 heterocycles. The van der Waals surface area contributed by atoms with Crippen LogP contribution in [0.5, 0.6) is 11.5 Å². The molecule has 27 heavy (non-hydrogen) atoms. The first-order valence-electron chi connectivity index (χ1n) is 8.33. The van der Waals surface area contributed by atoms with E-state index in [0.29, 0.717) is 29.4 Å². The lowest BCUT2D eigenvalue weighted by Crippen LogP contribution is -2.04. The Bertz CT molecular complexity index is 942. The quantitative estimate of drug-likeness (QED) is 0.390. The lowest BCUT2D eigenvalue weighted by atomic mass is 10.1. The van der Waals surface area contributed by atoms with Crippen molar-refractivity contribution in [2.24, 2.45) is 0 Å². The van der Waals surface area contributed by atoms with Crippen LogP contribution in [0.3, 0.4) is 0 Å². The summed E-state index contributed by atoms with van der Waals surface area (Å²) < 4.78 is 17.0. The van der Waals surface area contributed by atoms with E-state index in [2.05, 4.69) is 15.9 Å². The first-order chi connectivity index (χ1) is 13.0. The average Bonchev–Trinajstić information content (AvgIpc) is 2.98. The fourth-order valence-corrected chi connectivity index (χ4v) is 2.81. The molecule has 0 amide bonds. The third-order valence-electron chi connectivity index (χ3n) is 3.70. The van der Waals surface area contributed by atoms with Crippen LogP contribution < -0.4 is 9.47 Å². The zero-order valence-corrected chi connectivity index (χ0v) is 16.4. The molecule has 1 aliphatic heterocycles. The molecule has 138 valence electrons. The van der Waals surface area contributed by atoms with E-state index in [9.17, 15) is 9.59 Å². The van der Waals surface area contributed by atoms with E-state index < -0.39 is 11.9 Å². The Hall–Kier alpha value is -2.86. The number of cyclic esters (lactones) is 1. The van der Waals surface area contributed by atoms with Crippen LogP contribution in [0.1, 0.15) is 25.0 Å². The number of rotatable bonds is 5. The van der Waals surface area contributed by atoms with Gasteiger partial charge >= 0.3 is 11.9 Å². The molecule has 0 bridgehead atoms. The average molecular weight is 429 g/mol. The first-order valence-corrected chi connectivity index (χ1v) is 9.12. The van der Waals surface area contributed by atoms with E-state index in [0.717, 1.165) is 15.6 Å². The number of hydrogen-bond donors (Lipinski definition) is 0. The van der Waals surface area contributed by atoms with Crippen molar-refractivity contribution in [1.82, 2.24) is 0 Å². The number of esters is 2. The summed E-state index contributed by atoms with van der Waals surface area (Å²) in [5.41, 5.74) is 1.97. The molecule has 0 saturated carbocycles. The Morgan fingerprint density at radius 2 is 1.89 bits per heavy atom. The lowest BCUT2D eigenvalue weighted by Gasteiger charge is -2.10. The summed E-state index contributed by atoms with van der Waals surface area (Å²) in [7, 11) is 0. The van der Waals surface area contributed by atoms with Crippen LogP contribution in [0.15, 0.2) is 58.6 Å². The van der Waals surface area contributed by atoms with Crippen molar-refractivity contribution in [2.75, 3.05) is 6.61 Å². The van der Waals surface area contributed by atoms with E-state index in [1.165, 1.54) is 6.92 Å². The summed E-state index contributed by atoms with van der Waals surface area (Å²) in [6.07, 6.45) is 3.40. The van der Waals surface area contributed by atoms with Crippen LogP contribution in [-0.2, 0) is 14.3 Å². The number of halogens is 1. The zero-order valence-electron chi connectivity index (χ0n) is 14.8. The second-order valence-corrected chi connectivity index (χ2v) is 6.65. The van der Waals surface area contributed by atoms with Crippen LogP contribution in [0, 0.1) is 0 Å². The summed E-state index contributed by atoms with van der Waals surface area (Å²) in [6.45, 7) is 3.59. The summed E-state index contributed by atoms with van der Waals surface area (Å²) in [5, 5.41) is 0. The molecular formula is C21H17BrO5. The molecule has 0 radical (unpaired) electrons. The van der Waals surface area contributed by atoms with Gasteiger partial charge in [0.1, 0.15) is 5.76 Å². The normalized spacial score (nSPS) is 14.7. The monoisotopic (exact) mass is 428 g/mol. The SMILES string of the molecule is CCOc1cc(/C=C2\C=C(c3ccc(Br)cc3)OC2=O)ccc1OC(C)=O. The van der Waals surface area contributed by atoms with Gasteiger partial charge in [0.2, 0.25) is 0 Å². The summed E-state index contributed by atoms with van der Waals surface area (Å²) in [6, 6.07) is 12.6. The van der Waals surface area contributed by atoms with Gasteiger partial charge in [-0.2, -0.15) is 0 Å². The van der Waals surface area contributed by atoms with Crippen LogP contribution in [0.4, 0.5) is 0 Å². The van der Waals surface area contributed by atoms with Crippen molar-refractivity contribution in [1.29, 1.82) is 0 Å². The number of hydrogen-bond acceptors (Lipinski definition) is 5. The topological polar surface area (TPSA) is 61.8 Å². The van der Waals surface area contributed by atoms with Gasteiger partial charge in [-0.25, -0.2) is 4.79 Å². The third kappa shape index (κ3) is 4.65. The number of carbonyl (C=O) groups excluding carboxylic acids is 2. The number of ether oxygens (including phenoxy) is 3. The third-order valence-corrected chi connectivity index (χ3v) is 4.23. The lowest BCUT2D eigenvalue weighted by molar-refractivity contribution is -0.132. The fourth-order valence-electron chi connectivity index (χ4n) is 2.55. The van der Waals surface area contributed by atoms with Crippen LogP contribution >= 0.6 is 15.9 Å². The molecule has 0 saturated heterocycles. The number of carbonyl (C=O) groups is 2. The Kier molecular flexibility index (Phi) is 5.76. The highest BCUT2D eigenvalue weighted by molar-refractivity contribution is 9.10. The molecule has 0 aromatic heterocycles. The van der Waals surface area contributed by atoms with Crippen LogP contribution in [0.25, 0.3) is 11.8 Å². The molecule has 0 atom stereocenters. The van der Waals surface area contributed by atoms with Gasteiger partial charge < -0.3 is 14.2 Å². The molecule has 1 aliphatic rings. The largest absolute Gasteiger partial charge is 0.490 e. The van der Waals surface area contributed by atoms with E-state index in [1.54, 1.807) is 30.4 Å². The van der Waals surface area contributed by atoms with E-state index in [4.69, 9.17) is 14.2 Å². The maximum atomic E-state index is 12.2. The van der Waals surface area contributed by atoms with Crippen molar-refractivity contribution < 1.29 is 23.8 Å². The molecule has 2 aromatic carbocycles. The van der Waals surface area contributed by atoms with E-state index >= 15 is 0 Å². The maximum absolute atomic E-state index is 12.2. The summed E-state index contributed by atoms with van der Waals surface area (Å²) in [4.78, 5) is 23.4. The van der Waals surface area contributed by atoms with Crippen LogP contribution in [0.2, 0.25) is 0 Å². The molecule has 6 heteroatoms. The smallest absolute Gasteiger partial charge is 0.343 e. The Morgan fingerprint density at radius 1 is 1.15 bits per heavy atom. The van der Waals surface area contributed by atoms with Crippen molar-refractivity contribution in [2.45, 2.75) is 13.8 Å². The van der Waals surface area contributed by atoms with Crippen molar-refractivity contribution in [3.63, 3.8) is 0 Å². The van der Waals surface area contributed by atoms with Gasteiger partial charge in [-0.15, -0.1) is 0 Å². The van der Waals surface area contributed by atoms with Gasteiger partial charge in [0.15, 0.2) is 11.5 Å². The molecule has 0 fully saturated rings. The Labute approximate surface area is 165 Å². The van der Waals surface area contributed by atoms with Crippen LogP contribution in [-0.4, -0.2) is 18.5 Å². The second kappa shape index (κ2) is 8.22. The van der Waals surface area contributed by atoms with Crippen molar-refractivity contribution >= 4 is 39.7 Å². The zero-order chi connectivity index (χ0) is 19.4. The van der Waals surface area contributed by atoms with E-state index in [1.807, 2.05) is 31.2 Å². The minimum atomic E-state index is -0.427. The summed E-state index contributed by atoms with van der Waals surface area (Å²) >= 11 is 3.38. The molecule has 0 aliphatic carbocycles. The molecule has 0 spiro atoms. The molecule has 0 N–H and O–H groups in total. The molecular weight excluding hydrogens is 412 g/mol. The minimum Gasteiger partial charge on any atom is -0.490 e. The highest BCUT2D eigenvalue weighted by Crippen LogP contribution is 2.32. The Balaban J connectivity index is 1.91. The molecule has 3 rings (SSSR count). The second-order valence-electron chi connectivity index (χ2n) is 5.74. The van der Waals surface area contributed by atoms with Gasteiger partial charge in [-0.05, 0) is 48.9 Å². The van der Waals surface area contributed by atoms with Gasteiger partial charge in [0.25, 0.3) is 0 Å². The first kappa shape index (κ1) is 18.9. The van der Waals surface area contributed by atoms with Crippen molar-refractivity contribution in [3.8, 4) is 11.5 Å². The summed E-state index contributed by atoms with van der Waals surface area (Å²) in [5.74, 6) is 0.427.